The smallest absolute Gasteiger partial charge is 0.366 e. The van der Waals surface area contributed by atoms with Crippen molar-refractivity contribution in [2.75, 3.05) is 28.2 Å². The second-order valence-corrected chi connectivity index (χ2v) is 7.35. The molecule has 2 aliphatic heterocycles. The number of aromatic nitrogens is 3. The first-order valence-electron chi connectivity index (χ1n) is 9.72. The van der Waals surface area contributed by atoms with E-state index in [4.69, 9.17) is 0 Å². The summed E-state index contributed by atoms with van der Waals surface area (Å²) >= 11 is 0. The molecule has 0 aromatic carbocycles. The largest absolute Gasteiger partial charge is 0.433 e. The minimum Gasteiger partial charge on any atom is -0.366 e. The fourth-order valence-electron chi connectivity index (χ4n) is 3.96. The lowest BCUT2D eigenvalue weighted by molar-refractivity contribution is -0.141. The SMILES string of the molecule is O=C(Nc1ccccn1)N1c2nc(-c3cccc(C(F)(F)F)n3)ccc2N2CC[C@H]1C2. The van der Waals surface area contributed by atoms with Crippen molar-refractivity contribution in [3.05, 3.63) is 60.4 Å². The first-order valence-corrected chi connectivity index (χ1v) is 9.72. The Balaban J connectivity index is 1.54. The summed E-state index contributed by atoms with van der Waals surface area (Å²) in [4.78, 5) is 29.2. The maximum Gasteiger partial charge on any atom is 0.433 e. The van der Waals surface area contributed by atoms with E-state index in [9.17, 15) is 18.0 Å². The summed E-state index contributed by atoms with van der Waals surface area (Å²) in [5, 5.41) is 2.78. The molecule has 7 nitrogen and oxygen atoms in total. The summed E-state index contributed by atoms with van der Waals surface area (Å²) in [6.45, 7) is 1.44. The maximum atomic E-state index is 13.1. The zero-order valence-corrected chi connectivity index (χ0v) is 16.2. The van der Waals surface area contributed by atoms with Gasteiger partial charge < -0.3 is 4.90 Å². The Morgan fingerprint density at radius 2 is 1.87 bits per heavy atom. The highest BCUT2D eigenvalue weighted by molar-refractivity contribution is 6.04. The summed E-state index contributed by atoms with van der Waals surface area (Å²) in [7, 11) is 0. The molecule has 0 unspecified atom stereocenters. The molecule has 31 heavy (non-hydrogen) atoms. The van der Waals surface area contributed by atoms with Gasteiger partial charge in [-0.15, -0.1) is 0 Å². The highest BCUT2D eigenvalue weighted by Gasteiger charge is 2.40. The molecule has 0 radical (unpaired) electrons. The van der Waals surface area contributed by atoms with Gasteiger partial charge in [-0.25, -0.2) is 19.7 Å². The van der Waals surface area contributed by atoms with E-state index in [1.165, 1.54) is 12.1 Å². The minimum atomic E-state index is -4.55. The van der Waals surface area contributed by atoms with Crippen LogP contribution in [-0.2, 0) is 6.18 Å². The molecule has 2 aliphatic rings. The van der Waals surface area contributed by atoms with Crippen LogP contribution in [0.3, 0.4) is 0 Å². The predicted octanol–water partition coefficient (Wildman–Crippen LogP) is 4.19. The van der Waals surface area contributed by atoms with E-state index in [-0.39, 0.29) is 23.5 Å². The number of nitrogens with one attached hydrogen (secondary N) is 1. The Hall–Kier alpha value is -3.69. The summed E-state index contributed by atoms with van der Waals surface area (Å²) in [6.07, 6.45) is -2.21. The van der Waals surface area contributed by atoms with E-state index in [2.05, 4.69) is 25.2 Å². The number of urea groups is 1. The number of alkyl halides is 3. The molecule has 1 saturated heterocycles. The minimum absolute atomic E-state index is 0.0894. The van der Waals surface area contributed by atoms with E-state index >= 15 is 0 Å². The zero-order chi connectivity index (χ0) is 21.6. The van der Waals surface area contributed by atoms with Crippen LogP contribution in [0.25, 0.3) is 11.4 Å². The number of halogens is 3. The van der Waals surface area contributed by atoms with Crippen molar-refractivity contribution >= 4 is 23.4 Å². The lowest BCUT2D eigenvalue weighted by atomic mass is 10.1. The molecule has 158 valence electrons. The average Bonchev–Trinajstić information content (AvgIpc) is 3.18. The van der Waals surface area contributed by atoms with Crippen molar-refractivity contribution in [3.63, 3.8) is 0 Å². The van der Waals surface area contributed by atoms with Crippen LogP contribution in [-0.4, -0.2) is 40.1 Å². The van der Waals surface area contributed by atoms with Gasteiger partial charge in [-0.1, -0.05) is 12.1 Å². The van der Waals surface area contributed by atoms with E-state index in [1.54, 1.807) is 41.4 Å². The first-order chi connectivity index (χ1) is 14.9. The van der Waals surface area contributed by atoms with Gasteiger partial charge in [0.15, 0.2) is 5.82 Å². The first kappa shape index (κ1) is 19.3. The molecule has 1 atom stereocenters. The van der Waals surface area contributed by atoms with Crippen LogP contribution in [0, 0.1) is 0 Å². The second-order valence-electron chi connectivity index (χ2n) is 7.35. The molecule has 0 saturated carbocycles. The standard InChI is InChI=1S/C21H17F3N6O/c22-21(23,24)17-5-3-4-14(26-17)15-7-8-16-19(27-15)30(13-9-11-29(16)12-13)20(31)28-18-6-1-2-10-25-18/h1-8,10,13H,9,11-12H2,(H,25,28,31)/t13-/m0/s1. The van der Waals surface area contributed by atoms with Crippen molar-refractivity contribution in [1.82, 2.24) is 15.0 Å². The van der Waals surface area contributed by atoms with Crippen molar-refractivity contribution in [3.8, 4) is 11.4 Å². The molecule has 2 bridgehead atoms. The normalized spacial score (nSPS) is 17.5. The number of anilines is 3. The van der Waals surface area contributed by atoms with Gasteiger partial charge in [0.05, 0.1) is 23.1 Å². The van der Waals surface area contributed by atoms with Crippen molar-refractivity contribution in [2.24, 2.45) is 0 Å². The van der Waals surface area contributed by atoms with Crippen LogP contribution in [0.2, 0.25) is 0 Å². The molecule has 10 heteroatoms. The number of carbonyl (C=O) groups is 1. The fraction of sp³-hybridized carbons (Fsp3) is 0.238. The van der Waals surface area contributed by atoms with Crippen molar-refractivity contribution < 1.29 is 18.0 Å². The van der Waals surface area contributed by atoms with Crippen LogP contribution in [0.1, 0.15) is 12.1 Å². The second kappa shape index (κ2) is 7.22. The molecule has 1 N–H and O–H groups in total. The van der Waals surface area contributed by atoms with Gasteiger partial charge in [0, 0.05) is 19.3 Å². The maximum absolute atomic E-state index is 13.1. The van der Waals surface area contributed by atoms with Gasteiger partial charge >= 0.3 is 12.2 Å². The van der Waals surface area contributed by atoms with Crippen LogP contribution in [0.5, 0.6) is 0 Å². The summed E-state index contributed by atoms with van der Waals surface area (Å²) in [6, 6.07) is 11.8. The Kier molecular flexibility index (Phi) is 4.49. The Labute approximate surface area is 175 Å². The fourth-order valence-corrected chi connectivity index (χ4v) is 3.96. The third-order valence-electron chi connectivity index (χ3n) is 5.37. The van der Waals surface area contributed by atoms with E-state index in [1.807, 2.05) is 0 Å². The van der Waals surface area contributed by atoms with Gasteiger partial charge in [0.2, 0.25) is 0 Å². The highest BCUT2D eigenvalue weighted by atomic mass is 19.4. The lowest BCUT2D eigenvalue weighted by Crippen LogP contribution is -2.48. The van der Waals surface area contributed by atoms with Crippen LogP contribution in [0.15, 0.2) is 54.7 Å². The van der Waals surface area contributed by atoms with Gasteiger partial charge in [-0.2, -0.15) is 13.2 Å². The Morgan fingerprint density at radius 3 is 2.65 bits per heavy atom. The van der Waals surface area contributed by atoms with E-state index in [0.717, 1.165) is 24.7 Å². The molecule has 3 aromatic rings. The number of amides is 2. The molecule has 0 spiro atoms. The molecule has 3 aromatic heterocycles. The van der Waals surface area contributed by atoms with Crippen LogP contribution in [0.4, 0.5) is 35.3 Å². The van der Waals surface area contributed by atoms with Crippen molar-refractivity contribution in [1.29, 1.82) is 0 Å². The van der Waals surface area contributed by atoms with Crippen molar-refractivity contribution in [2.45, 2.75) is 18.6 Å². The van der Waals surface area contributed by atoms with Gasteiger partial charge in [-0.05, 0) is 42.8 Å². The quantitative estimate of drug-likeness (QED) is 0.665. The number of carbonyl (C=O) groups excluding carboxylic acids is 1. The molecule has 0 aliphatic carbocycles. The van der Waals surface area contributed by atoms with Crippen LogP contribution < -0.4 is 15.1 Å². The average molecular weight is 426 g/mol. The number of pyridine rings is 3. The van der Waals surface area contributed by atoms with E-state index < -0.39 is 11.9 Å². The monoisotopic (exact) mass is 426 g/mol. The molecular formula is C21H17F3N6O. The highest BCUT2D eigenvalue weighted by Crippen LogP contribution is 2.40. The summed E-state index contributed by atoms with van der Waals surface area (Å²) in [5.74, 6) is 0.809. The Bertz CT molecular complexity index is 1140. The zero-order valence-electron chi connectivity index (χ0n) is 16.2. The predicted molar refractivity (Wildman–Crippen MR) is 109 cm³/mol. The molecule has 5 rings (SSSR count). The molecule has 5 heterocycles. The number of fused-ring (bicyclic) bond motifs is 4. The molecular weight excluding hydrogens is 409 g/mol. The molecule has 2 amide bonds. The third kappa shape index (κ3) is 3.54. The summed E-state index contributed by atoms with van der Waals surface area (Å²) < 4.78 is 39.3. The Morgan fingerprint density at radius 1 is 1.03 bits per heavy atom. The number of hydrogen-bond acceptors (Lipinski definition) is 5. The topological polar surface area (TPSA) is 74.2 Å². The number of hydrogen-bond donors (Lipinski definition) is 1. The summed E-state index contributed by atoms with van der Waals surface area (Å²) in [5.41, 5.74) is 0.136. The van der Waals surface area contributed by atoms with Gasteiger partial charge in [0.1, 0.15) is 11.5 Å². The van der Waals surface area contributed by atoms with Gasteiger partial charge in [0.25, 0.3) is 0 Å². The number of rotatable bonds is 2. The lowest BCUT2D eigenvalue weighted by Gasteiger charge is -2.35. The third-order valence-corrected chi connectivity index (χ3v) is 5.37. The van der Waals surface area contributed by atoms with E-state index in [0.29, 0.717) is 18.2 Å². The van der Waals surface area contributed by atoms with Crippen LogP contribution >= 0.6 is 0 Å². The van der Waals surface area contributed by atoms with Gasteiger partial charge in [-0.3, -0.25) is 10.2 Å². The number of nitrogens with zero attached hydrogens (tertiary/aromatic N) is 5. The molecule has 1 fully saturated rings.